The summed E-state index contributed by atoms with van der Waals surface area (Å²) < 4.78 is 1.03. The summed E-state index contributed by atoms with van der Waals surface area (Å²) in [5.74, 6) is 0.108. The number of rotatable bonds is 2. The number of carbonyl (C=O) groups excluding carboxylic acids is 1. The van der Waals surface area contributed by atoms with Crippen LogP contribution in [0.15, 0.2) is 40.9 Å². The molecule has 0 heterocycles. The topological polar surface area (TPSA) is 17.1 Å². The summed E-state index contributed by atoms with van der Waals surface area (Å²) in [5.41, 5.74) is 0.748. The number of benzene rings is 2. The van der Waals surface area contributed by atoms with Crippen molar-refractivity contribution in [2.75, 3.05) is 5.33 Å². The van der Waals surface area contributed by atoms with E-state index in [0.29, 0.717) is 5.33 Å². The highest BCUT2D eigenvalue weighted by Gasteiger charge is 2.04. The molecule has 0 spiro atoms. The van der Waals surface area contributed by atoms with Gasteiger partial charge in [0.25, 0.3) is 0 Å². The second-order valence-electron chi connectivity index (χ2n) is 3.26. The zero-order chi connectivity index (χ0) is 10.8. The minimum Gasteiger partial charge on any atom is -0.293 e. The summed E-state index contributed by atoms with van der Waals surface area (Å²) in [6.45, 7) is 0. The van der Waals surface area contributed by atoms with Crippen LogP contribution in [-0.2, 0) is 0 Å². The molecule has 1 nitrogen and oxygen atoms in total. The molecule has 0 aromatic heterocycles. The fourth-order valence-corrected chi connectivity index (χ4v) is 2.17. The molecule has 0 N–H and O–H groups in total. The normalized spacial score (nSPS) is 10.5. The summed E-state index contributed by atoms with van der Waals surface area (Å²) in [6.07, 6.45) is 0. The molecule has 0 atom stereocenters. The van der Waals surface area contributed by atoms with E-state index in [-0.39, 0.29) is 5.78 Å². The molecule has 0 aliphatic carbocycles. The number of hydrogen-bond acceptors (Lipinski definition) is 1. The lowest BCUT2D eigenvalue weighted by Crippen LogP contribution is -1.98. The van der Waals surface area contributed by atoms with Crippen LogP contribution < -0.4 is 0 Å². The minimum absolute atomic E-state index is 0.108. The van der Waals surface area contributed by atoms with Gasteiger partial charge in [-0.1, -0.05) is 50.1 Å². The van der Waals surface area contributed by atoms with Crippen molar-refractivity contribution in [1.29, 1.82) is 0 Å². The zero-order valence-corrected chi connectivity index (χ0v) is 11.0. The second-order valence-corrected chi connectivity index (χ2v) is 4.74. The summed E-state index contributed by atoms with van der Waals surface area (Å²) >= 11 is 6.59. The highest BCUT2D eigenvalue weighted by atomic mass is 79.9. The lowest BCUT2D eigenvalue weighted by molar-refractivity contribution is 0.102. The molecule has 3 heteroatoms. The number of hydrogen-bond donors (Lipinski definition) is 0. The highest BCUT2D eigenvalue weighted by molar-refractivity contribution is 9.10. The van der Waals surface area contributed by atoms with Gasteiger partial charge >= 0.3 is 0 Å². The Hall–Kier alpha value is -0.670. The van der Waals surface area contributed by atoms with Crippen LogP contribution >= 0.6 is 31.9 Å². The van der Waals surface area contributed by atoms with E-state index in [9.17, 15) is 4.79 Å². The third-order valence-corrected chi connectivity index (χ3v) is 3.25. The molecule has 0 saturated heterocycles. The predicted octanol–water partition coefficient (Wildman–Crippen LogP) is 4.18. The first-order chi connectivity index (χ1) is 7.20. The summed E-state index contributed by atoms with van der Waals surface area (Å²) in [4.78, 5) is 11.5. The molecule has 15 heavy (non-hydrogen) atoms. The number of halogens is 2. The molecule has 0 radical (unpaired) electrons. The van der Waals surface area contributed by atoms with Crippen LogP contribution in [0.5, 0.6) is 0 Å². The fraction of sp³-hybridized carbons (Fsp3) is 0.0833. The van der Waals surface area contributed by atoms with Crippen molar-refractivity contribution in [2.45, 2.75) is 0 Å². The SMILES string of the molecule is O=C(CBr)c1ccc2ccc(Br)cc2c1. The Morgan fingerprint density at radius 1 is 1.07 bits per heavy atom. The van der Waals surface area contributed by atoms with Crippen LogP contribution in [0.1, 0.15) is 10.4 Å². The van der Waals surface area contributed by atoms with E-state index in [1.807, 2.05) is 36.4 Å². The quantitative estimate of drug-likeness (QED) is 0.597. The Labute approximate surface area is 105 Å². The molecule has 0 unspecified atom stereocenters. The van der Waals surface area contributed by atoms with Gasteiger partial charge in [0.15, 0.2) is 5.78 Å². The molecule has 0 fully saturated rings. The Morgan fingerprint density at radius 2 is 1.80 bits per heavy atom. The van der Waals surface area contributed by atoms with Crippen molar-refractivity contribution in [3.8, 4) is 0 Å². The maximum absolute atomic E-state index is 11.5. The van der Waals surface area contributed by atoms with Crippen molar-refractivity contribution in [3.63, 3.8) is 0 Å². The first kappa shape index (κ1) is 10.8. The molecule has 0 aliphatic rings. The van der Waals surface area contributed by atoms with Crippen LogP contribution in [-0.4, -0.2) is 11.1 Å². The van der Waals surface area contributed by atoms with Crippen molar-refractivity contribution in [3.05, 3.63) is 46.4 Å². The van der Waals surface area contributed by atoms with E-state index in [4.69, 9.17) is 0 Å². The Morgan fingerprint density at radius 3 is 2.53 bits per heavy atom. The van der Waals surface area contributed by atoms with Crippen LogP contribution in [0.3, 0.4) is 0 Å². The van der Waals surface area contributed by atoms with E-state index in [1.165, 1.54) is 0 Å². The predicted molar refractivity (Wildman–Crippen MR) is 69.8 cm³/mol. The summed E-state index contributed by atoms with van der Waals surface area (Å²) in [7, 11) is 0. The number of fused-ring (bicyclic) bond motifs is 1. The number of carbonyl (C=O) groups is 1. The number of Topliss-reactive ketones (excluding diaryl/α,β-unsaturated/α-hetero) is 1. The fourth-order valence-electron chi connectivity index (χ4n) is 1.47. The maximum atomic E-state index is 11.5. The maximum Gasteiger partial charge on any atom is 0.173 e. The van der Waals surface area contributed by atoms with Crippen molar-refractivity contribution >= 4 is 48.4 Å². The molecule has 0 amide bonds. The van der Waals surface area contributed by atoms with Crippen LogP contribution in [0.25, 0.3) is 10.8 Å². The molecule has 0 aliphatic heterocycles. The van der Waals surface area contributed by atoms with Gasteiger partial charge in [0.2, 0.25) is 0 Å². The summed E-state index contributed by atoms with van der Waals surface area (Å²) in [6, 6.07) is 11.8. The van der Waals surface area contributed by atoms with Gasteiger partial charge in [-0.05, 0) is 29.0 Å². The van der Waals surface area contributed by atoms with E-state index >= 15 is 0 Å². The average Bonchev–Trinajstić information content (AvgIpc) is 2.27. The van der Waals surface area contributed by atoms with E-state index in [0.717, 1.165) is 20.8 Å². The smallest absolute Gasteiger partial charge is 0.173 e. The third-order valence-electron chi connectivity index (χ3n) is 2.25. The first-order valence-electron chi connectivity index (χ1n) is 4.49. The van der Waals surface area contributed by atoms with E-state index in [1.54, 1.807) is 0 Å². The molecule has 2 aromatic carbocycles. The molecule has 2 aromatic rings. The van der Waals surface area contributed by atoms with E-state index < -0.39 is 0 Å². The molecular formula is C12H8Br2O. The van der Waals surface area contributed by atoms with Gasteiger partial charge < -0.3 is 0 Å². The summed E-state index contributed by atoms with van der Waals surface area (Å²) in [5, 5.41) is 2.59. The van der Waals surface area contributed by atoms with Crippen molar-refractivity contribution in [1.82, 2.24) is 0 Å². The number of ketones is 1. The number of alkyl halides is 1. The largest absolute Gasteiger partial charge is 0.293 e. The van der Waals surface area contributed by atoms with Gasteiger partial charge in [0, 0.05) is 10.0 Å². The van der Waals surface area contributed by atoms with Gasteiger partial charge in [0.05, 0.1) is 5.33 Å². The van der Waals surface area contributed by atoms with Crippen molar-refractivity contribution in [2.24, 2.45) is 0 Å². The second kappa shape index (κ2) is 4.45. The monoisotopic (exact) mass is 326 g/mol. The lowest BCUT2D eigenvalue weighted by Gasteiger charge is -2.01. The molecular weight excluding hydrogens is 320 g/mol. The van der Waals surface area contributed by atoms with Gasteiger partial charge in [-0.15, -0.1) is 0 Å². The van der Waals surface area contributed by atoms with Crippen LogP contribution in [0.2, 0.25) is 0 Å². The van der Waals surface area contributed by atoms with Gasteiger partial charge in [-0.25, -0.2) is 0 Å². The van der Waals surface area contributed by atoms with Gasteiger partial charge in [-0.2, -0.15) is 0 Å². The van der Waals surface area contributed by atoms with Gasteiger partial charge in [0.1, 0.15) is 0 Å². The Bertz CT molecular complexity index is 520. The first-order valence-corrected chi connectivity index (χ1v) is 6.40. The standard InChI is InChI=1S/C12H8Br2O/c13-7-12(15)9-2-1-8-3-4-11(14)6-10(8)5-9/h1-6H,7H2. The Balaban J connectivity index is 2.59. The highest BCUT2D eigenvalue weighted by Crippen LogP contribution is 2.21. The molecule has 76 valence electrons. The van der Waals surface area contributed by atoms with Crippen LogP contribution in [0, 0.1) is 0 Å². The molecule has 2 rings (SSSR count). The average molecular weight is 328 g/mol. The molecule has 0 saturated carbocycles. The zero-order valence-electron chi connectivity index (χ0n) is 7.84. The van der Waals surface area contributed by atoms with Crippen molar-refractivity contribution < 1.29 is 4.79 Å². The van der Waals surface area contributed by atoms with Gasteiger partial charge in [-0.3, -0.25) is 4.79 Å². The molecule has 0 bridgehead atoms. The van der Waals surface area contributed by atoms with Crippen LogP contribution in [0.4, 0.5) is 0 Å². The third kappa shape index (κ3) is 2.29. The Kier molecular flexibility index (Phi) is 3.22. The minimum atomic E-state index is 0.108. The lowest BCUT2D eigenvalue weighted by atomic mass is 10.1. The van der Waals surface area contributed by atoms with E-state index in [2.05, 4.69) is 31.9 Å².